The van der Waals surface area contributed by atoms with Crippen LogP contribution >= 0.6 is 0 Å². The van der Waals surface area contributed by atoms with Crippen molar-refractivity contribution < 1.29 is 14.6 Å². The van der Waals surface area contributed by atoms with Crippen LogP contribution in [0.2, 0.25) is 0 Å². The first-order valence-electron chi connectivity index (χ1n) is 6.19. The van der Waals surface area contributed by atoms with Crippen molar-refractivity contribution in [1.82, 2.24) is 5.32 Å². The van der Waals surface area contributed by atoms with Crippen LogP contribution in [-0.2, 0) is 11.3 Å². The highest BCUT2D eigenvalue weighted by atomic mass is 16.6. The quantitative estimate of drug-likeness (QED) is 0.577. The molecule has 0 saturated carbocycles. The minimum atomic E-state index is -0.651. The van der Waals surface area contributed by atoms with Gasteiger partial charge in [-0.15, -0.1) is 0 Å². The molecule has 0 heterocycles. The Morgan fingerprint density at radius 1 is 1.30 bits per heavy atom. The molecule has 0 saturated heterocycles. The summed E-state index contributed by atoms with van der Waals surface area (Å²) in [6.07, 6.45) is -0.00268. The van der Waals surface area contributed by atoms with E-state index < -0.39 is 9.85 Å². The highest BCUT2D eigenvalue weighted by Crippen LogP contribution is 2.24. The number of nitro benzene ring substituents is 2. The van der Waals surface area contributed by atoms with E-state index >= 15 is 0 Å². The van der Waals surface area contributed by atoms with Crippen molar-refractivity contribution in [1.29, 1.82) is 0 Å². The summed E-state index contributed by atoms with van der Waals surface area (Å²) in [7, 11) is 0. The van der Waals surface area contributed by atoms with Crippen LogP contribution in [-0.4, -0.2) is 29.1 Å². The maximum absolute atomic E-state index is 10.9. The lowest BCUT2D eigenvalue weighted by molar-refractivity contribution is -0.394. The Bertz CT molecular complexity index is 492. The monoisotopic (exact) mass is 283 g/mol. The fraction of sp³-hybridized carbons (Fsp3) is 0.500. The van der Waals surface area contributed by atoms with E-state index in [0.717, 1.165) is 6.07 Å². The Morgan fingerprint density at radius 3 is 2.55 bits per heavy atom. The molecule has 1 N–H and O–H groups in total. The molecular weight excluding hydrogens is 266 g/mol. The van der Waals surface area contributed by atoms with E-state index in [9.17, 15) is 20.2 Å². The highest BCUT2D eigenvalue weighted by molar-refractivity contribution is 5.49. The summed E-state index contributed by atoms with van der Waals surface area (Å²) >= 11 is 0. The van der Waals surface area contributed by atoms with Crippen molar-refractivity contribution in [3.05, 3.63) is 44.0 Å². The number of benzene rings is 1. The third-order valence-corrected chi connectivity index (χ3v) is 2.67. The van der Waals surface area contributed by atoms with Crippen molar-refractivity contribution in [3.63, 3.8) is 0 Å². The first-order chi connectivity index (χ1) is 9.45. The predicted molar refractivity (Wildman–Crippen MR) is 72.5 cm³/mol. The van der Waals surface area contributed by atoms with E-state index in [1.807, 2.05) is 13.8 Å². The second-order valence-corrected chi connectivity index (χ2v) is 4.22. The Labute approximate surface area is 116 Å². The molecule has 0 aliphatic carbocycles. The Morgan fingerprint density at radius 2 is 2.00 bits per heavy atom. The number of hydrogen-bond acceptors (Lipinski definition) is 6. The normalized spacial score (nSPS) is 12.1. The molecule has 1 atom stereocenters. The molecule has 0 amide bonds. The van der Waals surface area contributed by atoms with Gasteiger partial charge >= 0.3 is 0 Å². The van der Waals surface area contributed by atoms with Crippen LogP contribution in [0.25, 0.3) is 0 Å². The molecule has 1 aromatic rings. The van der Waals surface area contributed by atoms with E-state index in [1.54, 1.807) is 0 Å². The molecule has 8 nitrogen and oxygen atoms in total. The van der Waals surface area contributed by atoms with Crippen molar-refractivity contribution in [2.24, 2.45) is 0 Å². The van der Waals surface area contributed by atoms with Gasteiger partial charge in [0.15, 0.2) is 0 Å². The molecule has 0 aliphatic rings. The fourth-order valence-corrected chi connectivity index (χ4v) is 1.74. The molecule has 1 aromatic carbocycles. The standard InChI is InChI=1S/C12H17N3O5/c1-3-20-9(2)7-13-8-10-4-5-11(14(16)17)6-12(10)15(18)19/h4-6,9,13H,3,7-8H2,1-2H3. The first kappa shape index (κ1) is 16.0. The van der Waals surface area contributed by atoms with Gasteiger partial charge in [-0.25, -0.2) is 0 Å². The number of nitro groups is 2. The average Bonchev–Trinajstić information content (AvgIpc) is 2.38. The Hall–Kier alpha value is -2.06. The lowest BCUT2D eigenvalue weighted by Gasteiger charge is -2.12. The van der Waals surface area contributed by atoms with Crippen LogP contribution in [0.3, 0.4) is 0 Å². The second kappa shape index (κ2) is 7.51. The van der Waals surface area contributed by atoms with Crippen LogP contribution in [0.15, 0.2) is 18.2 Å². The molecule has 8 heteroatoms. The van der Waals surface area contributed by atoms with Gasteiger partial charge < -0.3 is 10.1 Å². The van der Waals surface area contributed by atoms with Gasteiger partial charge in [0.25, 0.3) is 11.4 Å². The van der Waals surface area contributed by atoms with Crippen LogP contribution in [0.5, 0.6) is 0 Å². The zero-order valence-electron chi connectivity index (χ0n) is 11.4. The summed E-state index contributed by atoms with van der Waals surface area (Å²) in [5.74, 6) is 0. The minimum Gasteiger partial charge on any atom is -0.377 e. The molecule has 0 spiro atoms. The largest absolute Gasteiger partial charge is 0.377 e. The predicted octanol–water partition coefficient (Wildman–Crippen LogP) is 2.02. The third kappa shape index (κ3) is 4.56. The molecule has 0 radical (unpaired) electrons. The third-order valence-electron chi connectivity index (χ3n) is 2.67. The van der Waals surface area contributed by atoms with Gasteiger partial charge in [-0.1, -0.05) is 0 Å². The van der Waals surface area contributed by atoms with Crippen LogP contribution in [0.4, 0.5) is 11.4 Å². The van der Waals surface area contributed by atoms with E-state index in [2.05, 4.69) is 5.32 Å². The number of rotatable bonds is 8. The number of hydrogen-bond donors (Lipinski definition) is 1. The zero-order chi connectivity index (χ0) is 15.1. The highest BCUT2D eigenvalue weighted by Gasteiger charge is 2.19. The number of nitrogens with zero attached hydrogens (tertiary/aromatic N) is 2. The van der Waals surface area contributed by atoms with Gasteiger partial charge in [0.1, 0.15) is 0 Å². The summed E-state index contributed by atoms with van der Waals surface area (Å²) in [6.45, 7) is 5.17. The van der Waals surface area contributed by atoms with Crippen molar-refractivity contribution >= 4 is 11.4 Å². The van der Waals surface area contributed by atoms with E-state index in [4.69, 9.17) is 4.74 Å². The number of ether oxygens (including phenoxy) is 1. The first-order valence-corrected chi connectivity index (χ1v) is 6.19. The maximum atomic E-state index is 10.9. The van der Waals surface area contributed by atoms with Gasteiger partial charge in [-0.2, -0.15) is 0 Å². The maximum Gasteiger partial charge on any atom is 0.280 e. The molecule has 0 aromatic heterocycles. The molecule has 1 unspecified atom stereocenters. The second-order valence-electron chi connectivity index (χ2n) is 4.22. The molecule has 20 heavy (non-hydrogen) atoms. The van der Waals surface area contributed by atoms with Crippen molar-refractivity contribution in [3.8, 4) is 0 Å². The lowest BCUT2D eigenvalue weighted by atomic mass is 10.1. The Kier molecular flexibility index (Phi) is 6.01. The number of nitrogens with one attached hydrogen (secondary N) is 1. The smallest absolute Gasteiger partial charge is 0.280 e. The number of non-ortho nitro benzene ring substituents is 1. The van der Waals surface area contributed by atoms with Gasteiger partial charge in [-0.3, -0.25) is 20.2 Å². The zero-order valence-corrected chi connectivity index (χ0v) is 11.4. The minimum absolute atomic E-state index is 0.00268. The molecule has 1 rings (SSSR count). The van der Waals surface area contributed by atoms with Gasteiger partial charge in [-0.05, 0) is 19.9 Å². The van der Waals surface area contributed by atoms with Gasteiger partial charge in [0.05, 0.1) is 22.0 Å². The molecule has 110 valence electrons. The average molecular weight is 283 g/mol. The molecule has 0 aliphatic heterocycles. The van der Waals surface area contributed by atoms with Crippen LogP contribution < -0.4 is 5.32 Å². The summed E-state index contributed by atoms with van der Waals surface area (Å²) in [5.41, 5.74) is -0.136. The van der Waals surface area contributed by atoms with E-state index in [0.29, 0.717) is 18.7 Å². The fourth-order valence-electron chi connectivity index (χ4n) is 1.74. The molecule has 0 bridgehead atoms. The van der Waals surface area contributed by atoms with Crippen LogP contribution in [0, 0.1) is 20.2 Å². The van der Waals surface area contributed by atoms with Crippen molar-refractivity contribution in [2.45, 2.75) is 26.5 Å². The van der Waals surface area contributed by atoms with E-state index in [-0.39, 0.29) is 24.0 Å². The Balaban J connectivity index is 2.74. The van der Waals surface area contributed by atoms with Crippen molar-refractivity contribution in [2.75, 3.05) is 13.2 Å². The molecule has 0 fully saturated rings. The summed E-state index contributed by atoms with van der Waals surface area (Å²) < 4.78 is 5.32. The lowest BCUT2D eigenvalue weighted by Crippen LogP contribution is -2.26. The van der Waals surface area contributed by atoms with Gasteiger partial charge in [0.2, 0.25) is 0 Å². The topological polar surface area (TPSA) is 108 Å². The van der Waals surface area contributed by atoms with Crippen LogP contribution in [0.1, 0.15) is 19.4 Å². The van der Waals surface area contributed by atoms with E-state index in [1.165, 1.54) is 12.1 Å². The molecular formula is C12H17N3O5. The summed E-state index contributed by atoms with van der Waals surface area (Å²) in [6, 6.07) is 3.63. The summed E-state index contributed by atoms with van der Waals surface area (Å²) in [4.78, 5) is 20.3. The summed E-state index contributed by atoms with van der Waals surface area (Å²) in [5, 5.41) is 24.6. The van der Waals surface area contributed by atoms with Gasteiger partial charge in [0, 0.05) is 31.3 Å². The SMILES string of the molecule is CCOC(C)CNCc1ccc([N+](=O)[O-])cc1[N+](=O)[O-].